The third-order valence-electron chi connectivity index (χ3n) is 3.41. The lowest BCUT2D eigenvalue weighted by Gasteiger charge is -2.22. The van der Waals surface area contributed by atoms with Crippen LogP contribution in [0.15, 0.2) is 0 Å². The number of nitrogens with zero attached hydrogens (tertiary/aromatic N) is 4. The van der Waals surface area contributed by atoms with Crippen LogP contribution < -0.4 is 15.0 Å². The molecule has 2 rings (SSSR count). The molecule has 0 spiro atoms. The highest BCUT2D eigenvalue weighted by Crippen LogP contribution is 2.31. The zero-order valence-corrected chi connectivity index (χ0v) is 13.4. The Labute approximate surface area is 127 Å². The molecule has 6 heteroatoms. The van der Waals surface area contributed by atoms with Crippen LogP contribution >= 0.6 is 0 Å². The highest BCUT2D eigenvalue weighted by Gasteiger charge is 2.31. The van der Waals surface area contributed by atoms with Crippen LogP contribution in [-0.4, -0.2) is 40.7 Å². The number of unbranched alkanes of at least 4 members (excludes halogenated alkanes) is 1. The zero-order valence-electron chi connectivity index (χ0n) is 13.4. The number of nitrogens with one attached hydrogen (secondary N) is 1. The summed E-state index contributed by atoms with van der Waals surface area (Å²) in [6.45, 7) is 8.69. The summed E-state index contributed by atoms with van der Waals surface area (Å²) in [6.07, 6.45) is 5.83. The van der Waals surface area contributed by atoms with E-state index >= 15 is 0 Å². The minimum atomic E-state index is 0.420. The molecule has 0 amide bonds. The molecule has 0 radical (unpaired) electrons. The SMILES string of the molecule is CCCCN(c1nc(NCCC)nc(OCC)n1)C1CC1. The van der Waals surface area contributed by atoms with Gasteiger partial charge in [0.05, 0.1) is 6.61 Å². The Hall–Kier alpha value is -1.59. The minimum Gasteiger partial charge on any atom is -0.464 e. The summed E-state index contributed by atoms with van der Waals surface area (Å²) in [5, 5.41) is 3.23. The lowest BCUT2D eigenvalue weighted by Crippen LogP contribution is -2.29. The summed E-state index contributed by atoms with van der Waals surface area (Å²) < 4.78 is 5.49. The van der Waals surface area contributed by atoms with E-state index in [9.17, 15) is 0 Å². The van der Waals surface area contributed by atoms with Crippen molar-refractivity contribution >= 4 is 11.9 Å². The van der Waals surface area contributed by atoms with Crippen molar-refractivity contribution in [1.29, 1.82) is 0 Å². The summed E-state index contributed by atoms with van der Waals surface area (Å²) in [6, 6.07) is 1.01. The van der Waals surface area contributed by atoms with Crippen molar-refractivity contribution in [2.24, 2.45) is 0 Å². The fourth-order valence-electron chi connectivity index (χ4n) is 2.14. The van der Waals surface area contributed by atoms with Crippen molar-refractivity contribution in [3.8, 4) is 6.01 Å². The number of aromatic nitrogens is 3. The van der Waals surface area contributed by atoms with Gasteiger partial charge in [0, 0.05) is 19.1 Å². The van der Waals surface area contributed by atoms with Gasteiger partial charge in [-0.15, -0.1) is 0 Å². The van der Waals surface area contributed by atoms with Gasteiger partial charge < -0.3 is 15.0 Å². The van der Waals surface area contributed by atoms with Crippen molar-refractivity contribution in [3.63, 3.8) is 0 Å². The van der Waals surface area contributed by atoms with Gasteiger partial charge in [-0.05, 0) is 32.6 Å². The molecule has 1 aliphatic carbocycles. The molecule has 0 unspecified atom stereocenters. The van der Waals surface area contributed by atoms with Crippen molar-refractivity contribution in [2.45, 2.75) is 58.9 Å². The molecule has 0 aromatic carbocycles. The van der Waals surface area contributed by atoms with E-state index in [4.69, 9.17) is 4.74 Å². The van der Waals surface area contributed by atoms with Gasteiger partial charge in [-0.1, -0.05) is 20.3 Å². The van der Waals surface area contributed by atoms with E-state index in [0.717, 1.165) is 31.9 Å². The quantitative estimate of drug-likeness (QED) is 0.715. The number of ether oxygens (including phenoxy) is 1. The Morgan fingerprint density at radius 2 is 1.95 bits per heavy atom. The fraction of sp³-hybridized carbons (Fsp3) is 0.800. The van der Waals surface area contributed by atoms with Gasteiger partial charge in [0.1, 0.15) is 0 Å². The molecule has 21 heavy (non-hydrogen) atoms. The maximum absolute atomic E-state index is 5.49. The van der Waals surface area contributed by atoms with E-state index < -0.39 is 0 Å². The fourth-order valence-corrected chi connectivity index (χ4v) is 2.14. The molecule has 0 bridgehead atoms. The lowest BCUT2D eigenvalue weighted by molar-refractivity contribution is 0.312. The molecule has 0 aliphatic heterocycles. The second-order valence-electron chi connectivity index (χ2n) is 5.38. The summed E-state index contributed by atoms with van der Waals surface area (Å²) >= 11 is 0. The number of rotatable bonds is 10. The first-order chi connectivity index (χ1) is 10.3. The Bertz CT molecular complexity index is 436. The van der Waals surface area contributed by atoms with E-state index in [1.807, 2.05) is 6.92 Å². The molecule has 1 aromatic rings. The normalized spacial score (nSPS) is 14.0. The minimum absolute atomic E-state index is 0.420. The zero-order chi connectivity index (χ0) is 15.1. The summed E-state index contributed by atoms with van der Waals surface area (Å²) in [7, 11) is 0. The molecule has 0 saturated heterocycles. The van der Waals surface area contributed by atoms with Crippen LogP contribution in [0.3, 0.4) is 0 Å². The van der Waals surface area contributed by atoms with E-state index in [1.54, 1.807) is 0 Å². The van der Waals surface area contributed by atoms with Crippen molar-refractivity contribution in [2.75, 3.05) is 29.9 Å². The van der Waals surface area contributed by atoms with Crippen molar-refractivity contribution < 1.29 is 4.74 Å². The maximum atomic E-state index is 5.49. The van der Waals surface area contributed by atoms with Crippen LogP contribution in [0.1, 0.15) is 52.9 Å². The number of anilines is 2. The molecule has 1 aromatic heterocycles. The molecular formula is C15H27N5O. The second kappa shape index (κ2) is 8.00. The van der Waals surface area contributed by atoms with Crippen LogP contribution in [0.25, 0.3) is 0 Å². The number of hydrogen-bond acceptors (Lipinski definition) is 6. The predicted molar refractivity (Wildman–Crippen MR) is 85.1 cm³/mol. The molecule has 6 nitrogen and oxygen atoms in total. The molecule has 1 aliphatic rings. The summed E-state index contributed by atoms with van der Waals surface area (Å²) in [5.74, 6) is 1.37. The van der Waals surface area contributed by atoms with Gasteiger partial charge in [-0.25, -0.2) is 0 Å². The van der Waals surface area contributed by atoms with Gasteiger partial charge in [0.2, 0.25) is 11.9 Å². The largest absolute Gasteiger partial charge is 0.464 e. The van der Waals surface area contributed by atoms with Crippen LogP contribution in [0, 0.1) is 0 Å². The molecule has 1 heterocycles. The van der Waals surface area contributed by atoms with Gasteiger partial charge in [0.15, 0.2) is 0 Å². The maximum Gasteiger partial charge on any atom is 0.323 e. The average Bonchev–Trinajstić information content (AvgIpc) is 3.30. The molecule has 118 valence electrons. The highest BCUT2D eigenvalue weighted by atomic mass is 16.5. The van der Waals surface area contributed by atoms with Gasteiger partial charge in [0.25, 0.3) is 0 Å². The number of hydrogen-bond donors (Lipinski definition) is 1. The van der Waals surface area contributed by atoms with Crippen LogP contribution in [0.2, 0.25) is 0 Å². The first kappa shape index (κ1) is 15.8. The average molecular weight is 293 g/mol. The Balaban J connectivity index is 2.19. The van der Waals surface area contributed by atoms with Crippen molar-refractivity contribution in [1.82, 2.24) is 15.0 Å². The first-order valence-electron chi connectivity index (χ1n) is 8.17. The predicted octanol–water partition coefficient (Wildman–Crippen LogP) is 2.86. The van der Waals surface area contributed by atoms with Crippen molar-refractivity contribution in [3.05, 3.63) is 0 Å². The molecule has 0 atom stereocenters. The first-order valence-corrected chi connectivity index (χ1v) is 8.17. The smallest absolute Gasteiger partial charge is 0.323 e. The molecule has 1 N–H and O–H groups in total. The van der Waals surface area contributed by atoms with E-state index in [0.29, 0.717) is 24.6 Å². The molecule has 1 saturated carbocycles. The Morgan fingerprint density at radius 3 is 2.57 bits per heavy atom. The third kappa shape index (κ3) is 4.72. The van der Waals surface area contributed by atoms with Crippen LogP contribution in [0.5, 0.6) is 6.01 Å². The third-order valence-corrected chi connectivity index (χ3v) is 3.41. The van der Waals surface area contributed by atoms with E-state index in [-0.39, 0.29) is 0 Å². The van der Waals surface area contributed by atoms with Crippen LogP contribution in [-0.2, 0) is 0 Å². The van der Waals surface area contributed by atoms with Gasteiger partial charge in [-0.3, -0.25) is 0 Å². The lowest BCUT2D eigenvalue weighted by atomic mass is 10.3. The molecular weight excluding hydrogens is 266 g/mol. The standard InChI is InChI=1S/C15H27N5O/c1-4-7-11-20(12-8-9-12)14-17-13(16-10-5-2)18-15(19-14)21-6-3/h12H,4-11H2,1-3H3,(H,16,17,18,19). The Morgan fingerprint density at radius 1 is 1.14 bits per heavy atom. The van der Waals surface area contributed by atoms with Crippen LogP contribution in [0.4, 0.5) is 11.9 Å². The van der Waals surface area contributed by atoms with Gasteiger partial charge >= 0.3 is 6.01 Å². The topological polar surface area (TPSA) is 63.2 Å². The monoisotopic (exact) mass is 293 g/mol. The second-order valence-corrected chi connectivity index (χ2v) is 5.38. The summed E-state index contributed by atoms with van der Waals surface area (Å²) in [4.78, 5) is 15.7. The molecule has 1 fully saturated rings. The highest BCUT2D eigenvalue weighted by molar-refractivity contribution is 5.40. The van der Waals surface area contributed by atoms with E-state index in [2.05, 4.69) is 39.0 Å². The van der Waals surface area contributed by atoms with E-state index in [1.165, 1.54) is 19.3 Å². The Kier molecular flexibility index (Phi) is 6.02. The van der Waals surface area contributed by atoms with Gasteiger partial charge in [-0.2, -0.15) is 15.0 Å². The summed E-state index contributed by atoms with van der Waals surface area (Å²) in [5.41, 5.74) is 0.